The Balaban J connectivity index is 1.64. The molecule has 6 heteroatoms. The van der Waals surface area contributed by atoms with Gasteiger partial charge in [0.15, 0.2) is 0 Å². The first-order chi connectivity index (χ1) is 13.1. The minimum absolute atomic E-state index is 0.140. The molecule has 0 unspecified atom stereocenters. The summed E-state index contributed by atoms with van der Waals surface area (Å²) in [6, 6.07) is 21.2. The molecule has 4 aromatic rings. The Kier molecular flexibility index (Phi) is 4.40. The van der Waals surface area contributed by atoms with Gasteiger partial charge in [-0.15, -0.1) is 11.3 Å². The molecule has 0 atom stereocenters. The third kappa shape index (κ3) is 3.43. The summed E-state index contributed by atoms with van der Waals surface area (Å²) in [6.45, 7) is 0. The number of rotatable bonds is 4. The molecule has 5 nitrogen and oxygen atoms in total. The molecule has 0 aliphatic rings. The van der Waals surface area contributed by atoms with Gasteiger partial charge in [-0.2, -0.15) is 0 Å². The number of anilines is 1. The highest BCUT2D eigenvalue weighted by Gasteiger charge is 2.14. The molecule has 0 saturated heterocycles. The zero-order valence-corrected chi connectivity index (χ0v) is 14.9. The van der Waals surface area contributed by atoms with Crippen LogP contribution in [0.3, 0.4) is 0 Å². The fourth-order valence-electron chi connectivity index (χ4n) is 2.72. The van der Waals surface area contributed by atoms with Gasteiger partial charge >= 0.3 is 5.97 Å². The highest BCUT2D eigenvalue weighted by molar-refractivity contribution is 7.21. The number of carboxylic acids is 1. The monoisotopic (exact) mass is 374 g/mol. The molecule has 0 spiro atoms. The number of carbonyl (C=O) groups excluding carboxylic acids is 1. The minimum Gasteiger partial charge on any atom is -0.478 e. The van der Waals surface area contributed by atoms with Crippen molar-refractivity contribution in [3.8, 4) is 10.6 Å². The van der Waals surface area contributed by atoms with Gasteiger partial charge in [0, 0.05) is 11.1 Å². The number of nitrogens with zero attached hydrogens (tertiary/aromatic N) is 1. The van der Waals surface area contributed by atoms with Gasteiger partial charge in [0.05, 0.1) is 21.5 Å². The summed E-state index contributed by atoms with van der Waals surface area (Å²) in [5, 5.41) is 12.7. The van der Waals surface area contributed by atoms with E-state index in [9.17, 15) is 9.59 Å². The fourth-order valence-corrected chi connectivity index (χ4v) is 3.73. The number of carboxylic acid groups (broad SMARTS) is 1. The highest BCUT2D eigenvalue weighted by Crippen LogP contribution is 2.34. The summed E-state index contributed by atoms with van der Waals surface area (Å²) < 4.78 is 1.08. The maximum Gasteiger partial charge on any atom is 0.335 e. The van der Waals surface area contributed by atoms with Gasteiger partial charge in [-0.1, -0.05) is 24.3 Å². The maximum absolute atomic E-state index is 12.6. The third-order valence-electron chi connectivity index (χ3n) is 4.09. The zero-order valence-electron chi connectivity index (χ0n) is 14.0. The van der Waals surface area contributed by atoms with Crippen LogP contribution in [0, 0.1) is 0 Å². The zero-order chi connectivity index (χ0) is 18.8. The first kappa shape index (κ1) is 16.9. The summed E-state index contributed by atoms with van der Waals surface area (Å²) in [4.78, 5) is 28.2. The number of hydrogen-bond acceptors (Lipinski definition) is 4. The molecule has 0 radical (unpaired) electrons. The van der Waals surface area contributed by atoms with Crippen molar-refractivity contribution in [2.24, 2.45) is 0 Å². The molecule has 0 aliphatic heterocycles. The van der Waals surface area contributed by atoms with Crippen molar-refractivity contribution >= 4 is 39.1 Å². The molecule has 0 saturated carbocycles. The largest absolute Gasteiger partial charge is 0.478 e. The average Bonchev–Trinajstić information content (AvgIpc) is 3.12. The summed E-state index contributed by atoms with van der Waals surface area (Å²) in [7, 11) is 0. The molecule has 1 heterocycles. The van der Waals surface area contributed by atoms with E-state index < -0.39 is 5.97 Å². The Labute approximate surface area is 158 Å². The van der Waals surface area contributed by atoms with Crippen LogP contribution < -0.4 is 5.32 Å². The number of aromatic carboxylic acids is 1. The average molecular weight is 374 g/mol. The molecule has 0 fully saturated rings. The van der Waals surface area contributed by atoms with E-state index in [-0.39, 0.29) is 11.5 Å². The summed E-state index contributed by atoms with van der Waals surface area (Å²) in [6.07, 6.45) is 0. The van der Waals surface area contributed by atoms with Crippen LogP contribution in [0.2, 0.25) is 0 Å². The number of aromatic nitrogens is 1. The number of fused-ring (bicyclic) bond motifs is 1. The van der Waals surface area contributed by atoms with Crippen molar-refractivity contribution in [3.63, 3.8) is 0 Å². The lowest BCUT2D eigenvalue weighted by atomic mass is 10.1. The first-order valence-electron chi connectivity index (χ1n) is 8.21. The molecular weight excluding hydrogens is 360 g/mol. The lowest BCUT2D eigenvalue weighted by Gasteiger charge is -2.09. The maximum atomic E-state index is 12.6. The van der Waals surface area contributed by atoms with Gasteiger partial charge < -0.3 is 10.4 Å². The van der Waals surface area contributed by atoms with Gasteiger partial charge in [-0.3, -0.25) is 4.79 Å². The van der Waals surface area contributed by atoms with Crippen LogP contribution in [-0.2, 0) is 0 Å². The minimum atomic E-state index is -1.02. The standard InChI is InChI=1S/C21H14N2O3S/c24-19(13-9-11-14(12-10-13)21(25)26)22-16-6-2-1-5-15(16)20-23-17-7-3-4-8-18(17)27-20/h1-12H,(H,22,24)(H,25,26). The van der Waals surface area contributed by atoms with Gasteiger partial charge in [-0.25, -0.2) is 9.78 Å². The van der Waals surface area contributed by atoms with E-state index in [4.69, 9.17) is 5.11 Å². The third-order valence-corrected chi connectivity index (χ3v) is 5.16. The van der Waals surface area contributed by atoms with Crippen LogP contribution >= 0.6 is 11.3 Å². The van der Waals surface area contributed by atoms with E-state index in [2.05, 4.69) is 10.3 Å². The molecule has 1 amide bonds. The number of carbonyl (C=O) groups is 2. The van der Waals surface area contributed by atoms with E-state index >= 15 is 0 Å². The number of benzene rings is 3. The van der Waals surface area contributed by atoms with Gasteiger partial charge in [0.1, 0.15) is 5.01 Å². The van der Waals surface area contributed by atoms with Crippen LogP contribution in [0.1, 0.15) is 20.7 Å². The van der Waals surface area contributed by atoms with E-state index in [0.29, 0.717) is 11.3 Å². The van der Waals surface area contributed by atoms with Crippen molar-refractivity contribution in [3.05, 3.63) is 83.9 Å². The smallest absolute Gasteiger partial charge is 0.335 e. The number of nitrogens with one attached hydrogen (secondary N) is 1. The van der Waals surface area contributed by atoms with Crippen molar-refractivity contribution in [2.45, 2.75) is 0 Å². The number of thiazole rings is 1. The second kappa shape index (κ2) is 7.01. The van der Waals surface area contributed by atoms with Gasteiger partial charge in [0.2, 0.25) is 0 Å². The Morgan fingerprint density at radius 1 is 0.852 bits per heavy atom. The van der Waals surface area contributed by atoms with Gasteiger partial charge in [0.25, 0.3) is 5.91 Å². The fraction of sp³-hybridized carbons (Fsp3) is 0. The van der Waals surface area contributed by atoms with E-state index in [0.717, 1.165) is 20.8 Å². The molecular formula is C21H14N2O3S. The summed E-state index contributed by atoms with van der Waals surface area (Å²) in [5.74, 6) is -1.33. The predicted molar refractivity (Wildman–Crippen MR) is 106 cm³/mol. The Morgan fingerprint density at radius 3 is 2.26 bits per heavy atom. The van der Waals surface area contributed by atoms with E-state index in [1.165, 1.54) is 24.3 Å². The molecule has 132 valence electrons. The SMILES string of the molecule is O=C(O)c1ccc(C(=O)Nc2ccccc2-c2nc3ccccc3s2)cc1. The molecule has 1 aromatic heterocycles. The molecule has 27 heavy (non-hydrogen) atoms. The molecule has 4 rings (SSSR count). The van der Waals surface area contributed by atoms with E-state index in [1.807, 2.05) is 48.5 Å². The lowest BCUT2D eigenvalue weighted by molar-refractivity contribution is 0.0696. The van der Waals surface area contributed by atoms with Crippen molar-refractivity contribution in [2.75, 3.05) is 5.32 Å². The normalized spacial score (nSPS) is 10.7. The summed E-state index contributed by atoms with van der Waals surface area (Å²) in [5.41, 5.74) is 2.95. The van der Waals surface area contributed by atoms with Crippen molar-refractivity contribution in [1.29, 1.82) is 0 Å². The molecule has 0 aliphatic carbocycles. The number of amides is 1. The number of hydrogen-bond donors (Lipinski definition) is 2. The van der Waals surface area contributed by atoms with Gasteiger partial charge in [-0.05, 0) is 48.5 Å². The Morgan fingerprint density at radius 2 is 1.52 bits per heavy atom. The van der Waals surface area contributed by atoms with Crippen LogP contribution in [0.15, 0.2) is 72.8 Å². The molecule has 2 N–H and O–H groups in total. The second-order valence-corrected chi connectivity index (χ2v) is 6.90. The van der Waals surface area contributed by atoms with E-state index in [1.54, 1.807) is 11.3 Å². The second-order valence-electron chi connectivity index (χ2n) is 5.87. The quantitative estimate of drug-likeness (QED) is 0.532. The van der Waals surface area contributed by atoms with Crippen molar-refractivity contribution < 1.29 is 14.7 Å². The Bertz CT molecular complexity index is 1120. The lowest BCUT2D eigenvalue weighted by Crippen LogP contribution is -2.12. The highest BCUT2D eigenvalue weighted by atomic mass is 32.1. The molecule has 3 aromatic carbocycles. The summed E-state index contributed by atoms with van der Waals surface area (Å²) >= 11 is 1.56. The van der Waals surface area contributed by atoms with Crippen LogP contribution in [0.4, 0.5) is 5.69 Å². The van der Waals surface area contributed by atoms with Crippen LogP contribution in [0.5, 0.6) is 0 Å². The first-order valence-corrected chi connectivity index (χ1v) is 9.03. The van der Waals surface area contributed by atoms with Crippen LogP contribution in [0.25, 0.3) is 20.8 Å². The van der Waals surface area contributed by atoms with Crippen LogP contribution in [-0.4, -0.2) is 22.0 Å². The Hall–Kier alpha value is -3.51. The predicted octanol–water partition coefficient (Wildman–Crippen LogP) is 4.91. The number of para-hydroxylation sites is 2. The molecule has 0 bridgehead atoms. The topological polar surface area (TPSA) is 79.3 Å². The van der Waals surface area contributed by atoms with Crippen molar-refractivity contribution in [1.82, 2.24) is 4.98 Å².